The van der Waals surface area contributed by atoms with Crippen LogP contribution in [0.5, 0.6) is 5.75 Å². The van der Waals surface area contributed by atoms with Crippen LogP contribution in [0.3, 0.4) is 0 Å². The molecule has 0 bridgehead atoms. The number of ether oxygens (including phenoxy) is 1. The number of nitrogens with zero attached hydrogens (tertiary/aromatic N) is 3. The van der Waals surface area contributed by atoms with Crippen LogP contribution in [-0.2, 0) is 15.0 Å². The minimum absolute atomic E-state index is 0.0405. The Morgan fingerprint density at radius 1 is 1.21 bits per heavy atom. The standard InChI is InChI=1S/C25H30N8O6/c26-21-30-19-14(10-32-16(34)4-5-17(32)35)28-22(27)33-11-15(25(37,38)24(19,33)31-21)29-20(36)12-2-1-3-13-18(12)39-9-8-23(13)6-7-23/h1-3,14-15,19,37-38H,4-11H2,(H2,27,28)(H,29,36)(H3,26,30,31)/p+1/t14-,15?,19-,24?/m0/s1. The van der Waals surface area contributed by atoms with Crippen LogP contribution in [-0.4, -0.2) is 98.9 Å². The molecular formula is C25H31N8O6+. The van der Waals surface area contributed by atoms with Gasteiger partial charge < -0.3 is 26.0 Å². The van der Waals surface area contributed by atoms with E-state index >= 15 is 0 Å². The van der Waals surface area contributed by atoms with Crippen LogP contribution in [0.15, 0.2) is 23.2 Å². The van der Waals surface area contributed by atoms with E-state index in [0.717, 1.165) is 29.7 Å². The van der Waals surface area contributed by atoms with Gasteiger partial charge in [-0.15, -0.1) is 0 Å². The van der Waals surface area contributed by atoms with Crippen molar-refractivity contribution >= 4 is 29.6 Å². The average Bonchev–Trinajstić information content (AvgIpc) is 3.38. The molecule has 2 spiro atoms. The SMILES string of the molecule is NC1=N[C@@H](CN2C(=O)CCC2=O)[C@@H]2[NH+]=C(N)NC23N1CC(NC(=O)c1cccc2c1OCCC21CC1)C3(O)O. The predicted molar refractivity (Wildman–Crippen MR) is 134 cm³/mol. The van der Waals surface area contributed by atoms with Crippen LogP contribution >= 0.6 is 0 Å². The van der Waals surface area contributed by atoms with Gasteiger partial charge in [-0.05, 0) is 25.3 Å². The molecule has 1 aromatic carbocycles. The molecule has 14 heteroatoms. The van der Waals surface area contributed by atoms with Gasteiger partial charge in [-0.25, -0.2) is 10.3 Å². The summed E-state index contributed by atoms with van der Waals surface area (Å²) in [4.78, 5) is 48.2. The molecule has 3 amide bonds. The molecule has 2 unspecified atom stereocenters. The van der Waals surface area contributed by atoms with Crippen LogP contribution in [0.25, 0.3) is 0 Å². The number of nitrogens with two attached hydrogens (primary N) is 2. The van der Waals surface area contributed by atoms with E-state index in [1.165, 1.54) is 4.90 Å². The number of hydrogen-bond donors (Lipinski definition) is 7. The zero-order valence-electron chi connectivity index (χ0n) is 21.1. The number of nitrogens with one attached hydrogen (secondary N) is 3. The molecule has 1 aromatic rings. The number of amides is 3. The van der Waals surface area contributed by atoms with Gasteiger partial charge >= 0.3 is 5.96 Å². The van der Waals surface area contributed by atoms with Gasteiger partial charge in [0.25, 0.3) is 11.6 Å². The number of rotatable bonds is 4. The summed E-state index contributed by atoms with van der Waals surface area (Å²) in [7, 11) is 0. The first kappa shape index (κ1) is 24.2. The third-order valence-electron chi connectivity index (χ3n) is 9.22. The van der Waals surface area contributed by atoms with E-state index in [1.807, 2.05) is 12.1 Å². The van der Waals surface area contributed by atoms with Crippen LogP contribution < -0.4 is 31.8 Å². The number of guanidine groups is 2. The van der Waals surface area contributed by atoms with E-state index in [2.05, 4.69) is 20.6 Å². The average molecular weight is 540 g/mol. The fraction of sp³-hybridized carbons (Fsp3) is 0.560. The molecule has 9 N–H and O–H groups in total. The van der Waals surface area contributed by atoms with Gasteiger partial charge in [0.1, 0.15) is 17.8 Å². The molecule has 1 aliphatic carbocycles. The molecule has 5 heterocycles. The van der Waals surface area contributed by atoms with E-state index in [4.69, 9.17) is 16.2 Å². The van der Waals surface area contributed by atoms with Gasteiger partial charge in [0, 0.05) is 23.8 Å². The molecule has 2 saturated heterocycles. The van der Waals surface area contributed by atoms with Crippen molar-refractivity contribution in [1.82, 2.24) is 20.4 Å². The smallest absolute Gasteiger partial charge is 0.343 e. The number of benzene rings is 1. The number of aliphatic hydroxyl groups is 2. The Labute approximate surface area is 223 Å². The molecule has 3 fully saturated rings. The summed E-state index contributed by atoms with van der Waals surface area (Å²) in [6.45, 7) is 0.313. The van der Waals surface area contributed by atoms with E-state index in [0.29, 0.717) is 17.9 Å². The monoisotopic (exact) mass is 539 g/mol. The van der Waals surface area contributed by atoms with Gasteiger partial charge in [0.15, 0.2) is 12.0 Å². The maximum Gasteiger partial charge on any atom is 0.343 e. The fourth-order valence-electron chi connectivity index (χ4n) is 7.01. The minimum Gasteiger partial charge on any atom is -0.492 e. The third-order valence-corrected chi connectivity index (χ3v) is 9.22. The lowest BCUT2D eigenvalue weighted by Gasteiger charge is -2.46. The van der Waals surface area contributed by atoms with Crippen LogP contribution in [0, 0.1) is 0 Å². The molecule has 4 atom stereocenters. The lowest BCUT2D eigenvalue weighted by molar-refractivity contribution is -0.521. The fourth-order valence-corrected chi connectivity index (χ4v) is 7.01. The van der Waals surface area contributed by atoms with Gasteiger partial charge in [0.2, 0.25) is 17.6 Å². The highest BCUT2D eigenvalue weighted by atomic mass is 16.5. The Morgan fingerprint density at radius 2 is 1.95 bits per heavy atom. The summed E-state index contributed by atoms with van der Waals surface area (Å²) in [5, 5.41) is 29.1. The van der Waals surface area contributed by atoms with Gasteiger partial charge in [-0.2, -0.15) is 0 Å². The van der Waals surface area contributed by atoms with E-state index < -0.39 is 35.5 Å². The summed E-state index contributed by atoms with van der Waals surface area (Å²) in [5.74, 6) is -3.24. The Bertz CT molecular complexity index is 1360. The largest absolute Gasteiger partial charge is 0.492 e. The Kier molecular flexibility index (Phi) is 4.84. The lowest BCUT2D eigenvalue weighted by Crippen LogP contribution is -2.90. The number of likely N-dealkylation sites (tertiary alicyclic amines) is 1. The molecule has 6 aliphatic rings. The summed E-state index contributed by atoms with van der Waals surface area (Å²) in [6, 6.07) is 2.51. The normalized spacial score (nSPS) is 33.0. The zero-order valence-corrected chi connectivity index (χ0v) is 21.1. The minimum atomic E-state index is -2.60. The Hall–Kier alpha value is -3.91. The molecular weight excluding hydrogens is 508 g/mol. The quantitative estimate of drug-likeness (QED) is 0.144. The van der Waals surface area contributed by atoms with Crippen LogP contribution in [0.4, 0.5) is 0 Å². The van der Waals surface area contributed by atoms with Crippen molar-refractivity contribution in [3.63, 3.8) is 0 Å². The number of imide groups is 1. The molecule has 206 valence electrons. The molecule has 7 rings (SSSR count). The maximum absolute atomic E-state index is 13.6. The second kappa shape index (κ2) is 7.82. The Balaban J connectivity index is 1.20. The van der Waals surface area contributed by atoms with Crippen molar-refractivity contribution in [3.8, 4) is 5.75 Å². The van der Waals surface area contributed by atoms with E-state index in [-0.39, 0.29) is 55.1 Å². The van der Waals surface area contributed by atoms with Gasteiger partial charge in [-0.3, -0.25) is 34.9 Å². The summed E-state index contributed by atoms with van der Waals surface area (Å²) in [6.07, 6.45) is 3.24. The lowest BCUT2D eigenvalue weighted by atomic mass is 9.84. The summed E-state index contributed by atoms with van der Waals surface area (Å²) in [5.41, 5.74) is 12.1. The molecule has 14 nitrogen and oxygen atoms in total. The number of para-hydroxylation sites is 1. The van der Waals surface area contributed by atoms with Crippen molar-refractivity contribution in [2.24, 2.45) is 16.5 Å². The maximum atomic E-state index is 13.6. The first-order valence-corrected chi connectivity index (χ1v) is 13.2. The van der Waals surface area contributed by atoms with Crippen molar-refractivity contribution < 1.29 is 34.3 Å². The molecule has 5 aliphatic heterocycles. The second-order valence-corrected chi connectivity index (χ2v) is 11.3. The zero-order chi connectivity index (χ0) is 27.3. The topological polar surface area (TPSA) is 210 Å². The first-order chi connectivity index (χ1) is 18.6. The van der Waals surface area contributed by atoms with Gasteiger partial charge in [-0.1, -0.05) is 12.1 Å². The third kappa shape index (κ3) is 3.18. The van der Waals surface area contributed by atoms with E-state index in [9.17, 15) is 24.6 Å². The molecule has 39 heavy (non-hydrogen) atoms. The number of carbonyl (C=O) groups is 3. The van der Waals surface area contributed by atoms with Crippen LogP contribution in [0.2, 0.25) is 0 Å². The predicted octanol–water partition coefficient (Wildman–Crippen LogP) is -4.50. The molecule has 0 aromatic heterocycles. The summed E-state index contributed by atoms with van der Waals surface area (Å²) >= 11 is 0. The van der Waals surface area contributed by atoms with Crippen molar-refractivity contribution in [1.29, 1.82) is 0 Å². The van der Waals surface area contributed by atoms with E-state index in [1.54, 1.807) is 6.07 Å². The van der Waals surface area contributed by atoms with Crippen molar-refractivity contribution in [2.45, 2.75) is 67.1 Å². The molecule has 0 radical (unpaired) electrons. The first-order valence-electron chi connectivity index (χ1n) is 13.2. The number of fused-ring (bicyclic) bond motifs is 2. The summed E-state index contributed by atoms with van der Waals surface area (Å²) < 4.78 is 5.92. The highest BCUT2D eigenvalue weighted by Gasteiger charge is 2.76. The highest BCUT2D eigenvalue weighted by Crippen LogP contribution is 2.56. The van der Waals surface area contributed by atoms with Crippen molar-refractivity contribution in [3.05, 3.63) is 29.3 Å². The second-order valence-electron chi connectivity index (χ2n) is 11.3. The van der Waals surface area contributed by atoms with Gasteiger partial charge in [0.05, 0.1) is 25.3 Å². The Morgan fingerprint density at radius 3 is 2.67 bits per heavy atom. The highest BCUT2D eigenvalue weighted by molar-refractivity contribution is 6.02. The number of carbonyl (C=O) groups excluding carboxylic acids is 3. The van der Waals surface area contributed by atoms with Crippen molar-refractivity contribution in [2.75, 3.05) is 19.7 Å². The number of aliphatic imine (C=N–C) groups is 1. The van der Waals surface area contributed by atoms with Crippen LogP contribution in [0.1, 0.15) is 48.0 Å². The number of hydrogen-bond acceptors (Lipinski definition) is 11. The molecule has 1 saturated carbocycles.